The molecule has 3 heteroatoms. The summed E-state index contributed by atoms with van der Waals surface area (Å²) in [6, 6.07) is 0. The Kier molecular flexibility index (Phi) is 2.97. The highest BCUT2D eigenvalue weighted by molar-refractivity contribution is 6.22. The van der Waals surface area contributed by atoms with Crippen molar-refractivity contribution in [3.8, 4) is 0 Å². The third kappa shape index (κ3) is 2.95. The second-order valence-electron chi connectivity index (χ2n) is 2.60. The van der Waals surface area contributed by atoms with Crippen molar-refractivity contribution < 1.29 is 5.11 Å². The molecule has 0 aromatic carbocycles. The molecule has 0 bridgehead atoms. The fourth-order valence-electron chi connectivity index (χ4n) is 0.981. The van der Waals surface area contributed by atoms with Gasteiger partial charge in [0, 0.05) is 5.70 Å². The number of aliphatic hydroxyl groups excluding tert-OH is 1. The molecule has 1 aliphatic rings. The van der Waals surface area contributed by atoms with Gasteiger partial charge in [-0.1, -0.05) is 6.08 Å². The quantitative estimate of drug-likeness (QED) is 0.488. The van der Waals surface area contributed by atoms with Crippen LogP contribution in [0.1, 0.15) is 13.3 Å². The predicted octanol–water partition coefficient (Wildman–Crippen LogP) is 1.37. The van der Waals surface area contributed by atoms with E-state index < -0.39 is 6.23 Å². The number of allylic oxidation sites excluding steroid dienone is 3. The number of hydrogen-bond donors (Lipinski definition) is 2. The first kappa shape index (κ1) is 8.62. The molecule has 0 heterocycles. The van der Waals surface area contributed by atoms with Crippen LogP contribution >= 0.6 is 11.6 Å². The molecule has 0 spiro atoms. The van der Waals surface area contributed by atoms with Crippen molar-refractivity contribution in [3.05, 3.63) is 23.9 Å². The van der Waals surface area contributed by atoms with Crippen LogP contribution in [0.25, 0.3) is 0 Å². The Morgan fingerprint density at radius 2 is 2.55 bits per heavy atom. The van der Waals surface area contributed by atoms with Crippen LogP contribution in [-0.4, -0.2) is 16.7 Å². The summed E-state index contributed by atoms with van der Waals surface area (Å²) >= 11 is 5.85. The summed E-state index contributed by atoms with van der Waals surface area (Å²) in [6.07, 6.45) is 6.15. The molecule has 1 rings (SSSR count). The molecule has 2 N–H and O–H groups in total. The summed E-state index contributed by atoms with van der Waals surface area (Å²) in [5.74, 6) is 0. The van der Waals surface area contributed by atoms with E-state index in [1.54, 1.807) is 6.92 Å². The number of hydrogen-bond acceptors (Lipinski definition) is 2. The molecule has 0 aromatic rings. The van der Waals surface area contributed by atoms with Gasteiger partial charge in [-0.25, -0.2) is 0 Å². The molecule has 2 atom stereocenters. The van der Waals surface area contributed by atoms with Gasteiger partial charge in [-0.3, -0.25) is 0 Å². The maximum absolute atomic E-state index is 8.96. The summed E-state index contributed by atoms with van der Waals surface area (Å²) in [6.45, 7) is 1.67. The lowest BCUT2D eigenvalue weighted by Crippen LogP contribution is -2.25. The summed E-state index contributed by atoms with van der Waals surface area (Å²) in [7, 11) is 0. The molecule has 0 aromatic heterocycles. The number of halogens is 1. The monoisotopic (exact) mass is 173 g/mol. The highest BCUT2D eigenvalue weighted by Gasteiger charge is 2.05. The minimum Gasteiger partial charge on any atom is -0.374 e. The topological polar surface area (TPSA) is 32.3 Å². The van der Waals surface area contributed by atoms with Crippen LogP contribution in [0.4, 0.5) is 0 Å². The molecule has 11 heavy (non-hydrogen) atoms. The molecule has 2 nitrogen and oxygen atoms in total. The van der Waals surface area contributed by atoms with E-state index in [0.717, 1.165) is 12.1 Å². The van der Waals surface area contributed by atoms with Crippen LogP contribution in [0.5, 0.6) is 0 Å². The van der Waals surface area contributed by atoms with Crippen LogP contribution < -0.4 is 5.32 Å². The zero-order valence-corrected chi connectivity index (χ0v) is 7.17. The molecule has 0 saturated carbocycles. The van der Waals surface area contributed by atoms with E-state index in [0.29, 0.717) is 0 Å². The SMILES string of the molecule is CC(O)NC1=CC(Cl)CC=C1. The standard InChI is InChI=1S/C8H12ClNO/c1-6(11)10-8-4-2-3-7(9)5-8/h2,4-7,10-11H,3H2,1H3. The van der Waals surface area contributed by atoms with Crippen LogP contribution in [0.15, 0.2) is 23.9 Å². The Labute approximate surface area is 71.6 Å². The summed E-state index contributed by atoms with van der Waals surface area (Å²) in [5, 5.41) is 11.9. The summed E-state index contributed by atoms with van der Waals surface area (Å²) in [4.78, 5) is 0. The fourth-order valence-corrected chi connectivity index (χ4v) is 1.22. The van der Waals surface area contributed by atoms with Gasteiger partial charge >= 0.3 is 0 Å². The molecule has 0 saturated heterocycles. The first-order chi connectivity index (χ1) is 5.18. The largest absolute Gasteiger partial charge is 0.374 e. The molecule has 0 amide bonds. The zero-order valence-electron chi connectivity index (χ0n) is 6.42. The van der Waals surface area contributed by atoms with Crippen LogP contribution in [-0.2, 0) is 0 Å². The van der Waals surface area contributed by atoms with Crippen molar-refractivity contribution in [2.24, 2.45) is 0 Å². The predicted molar refractivity (Wildman–Crippen MR) is 46.3 cm³/mol. The zero-order chi connectivity index (χ0) is 8.27. The van der Waals surface area contributed by atoms with Gasteiger partial charge in [-0.15, -0.1) is 11.6 Å². The minimum atomic E-state index is -0.520. The van der Waals surface area contributed by atoms with Gasteiger partial charge in [0.25, 0.3) is 0 Å². The average molecular weight is 174 g/mol. The lowest BCUT2D eigenvalue weighted by Gasteiger charge is -2.14. The van der Waals surface area contributed by atoms with Crippen molar-refractivity contribution in [2.75, 3.05) is 0 Å². The lowest BCUT2D eigenvalue weighted by atomic mass is 10.1. The third-order valence-corrected chi connectivity index (χ3v) is 1.70. The first-order valence-corrected chi connectivity index (χ1v) is 4.09. The third-order valence-electron chi connectivity index (χ3n) is 1.39. The van der Waals surface area contributed by atoms with Crippen LogP contribution in [0, 0.1) is 0 Å². The van der Waals surface area contributed by atoms with Crippen molar-refractivity contribution >= 4 is 11.6 Å². The Morgan fingerprint density at radius 3 is 3.09 bits per heavy atom. The van der Waals surface area contributed by atoms with Crippen molar-refractivity contribution in [1.82, 2.24) is 5.32 Å². The smallest absolute Gasteiger partial charge is 0.121 e. The normalized spacial score (nSPS) is 26.1. The van der Waals surface area contributed by atoms with Gasteiger partial charge < -0.3 is 10.4 Å². The van der Waals surface area contributed by atoms with E-state index in [2.05, 4.69) is 5.32 Å². The Morgan fingerprint density at radius 1 is 1.82 bits per heavy atom. The highest BCUT2D eigenvalue weighted by atomic mass is 35.5. The minimum absolute atomic E-state index is 0.0567. The molecule has 2 unspecified atom stereocenters. The van der Waals surface area contributed by atoms with E-state index in [9.17, 15) is 0 Å². The van der Waals surface area contributed by atoms with Crippen LogP contribution in [0.2, 0.25) is 0 Å². The van der Waals surface area contributed by atoms with Crippen molar-refractivity contribution in [2.45, 2.75) is 24.9 Å². The molecular formula is C8H12ClNO. The van der Waals surface area contributed by atoms with Gasteiger partial charge in [-0.2, -0.15) is 0 Å². The van der Waals surface area contributed by atoms with E-state index in [-0.39, 0.29) is 5.38 Å². The molecule has 0 radical (unpaired) electrons. The molecule has 0 fully saturated rings. The Bertz CT molecular complexity index is 187. The number of nitrogens with one attached hydrogen (secondary N) is 1. The van der Waals surface area contributed by atoms with E-state index in [1.165, 1.54) is 0 Å². The van der Waals surface area contributed by atoms with E-state index in [1.807, 2.05) is 18.2 Å². The van der Waals surface area contributed by atoms with Gasteiger partial charge in [0.05, 0.1) is 5.38 Å². The number of aliphatic hydroxyl groups is 1. The van der Waals surface area contributed by atoms with Crippen molar-refractivity contribution in [1.29, 1.82) is 0 Å². The van der Waals surface area contributed by atoms with Gasteiger partial charge in [0.15, 0.2) is 0 Å². The fraction of sp³-hybridized carbons (Fsp3) is 0.500. The van der Waals surface area contributed by atoms with Crippen molar-refractivity contribution in [3.63, 3.8) is 0 Å². The first-order valence-electron chi connectivity index (χ1n) is 3.65. The Balaban J connectivity index is 2.50. The highest BCUT2D eigenvalue weighted by Crippen LogP contribution is 2.13. The summed E-state index contributed by atoms with van der Waals surface area (Å²) in [5.41, 5.74) is 0.895. The maximum Gasteiger partial charge on any atom is 0.121 e. The number of alkyl halides is 1. The molecule has 0 aliphatic heterocycles. The molecule has 62 valence electrons. The van der Waals surface area contributed by atoms with E-state index in [4.69, 9.17) is 16.7 Å². The summed E-state index contributed by atoms with van der Waals surface area (Å²) < 4.78 is 0. The number of rotatable bonds is 2. The van der Waals surface area contributed by atoms with E-state index >= 15 is 0 Å². The van der Waals surface area contributed by atoms with Gasteiger partial charge in [0.2, 0.25) is 0 Å². The van der Waals surface area contributed by atoms with Gasteiger partial charge in [-0.05, 0) is 25.5 Å². The second-order valence-corrected chi connectivity index (χ2v) is 3.16. The molecule has 1 aliphatic carbocycles. The lowest BCUT2D eigenvalue weighted by molar-refractivity contribution is 0.170. The Hall–Kier alpha value is -0.470. The van der Waals surface area contributed by atoms with Gasteiger partial charge in [0.1, 0.15) is 6.23 Å². The maximum atomic E-state index is 8.96. The average Bonchev–Trinajstić information content (AvgIpc) is 1.85. The second kappa shape index (κ2) is 3.79. The van der Waals surface area contributed by atoms with Crippen LogP contribution in [0.3, 0.4) is 0 Å². The molecular weight excluding hydrogens is 162 g/mol.